The SMILES string of the molecule is Cc1c(F)ccc([B-](F)(F)F)c1C.[K+]. The van der Waals surface area contributed by atoms with Crippen molar-refractivity contribution in [3.63, 3.8) is 0 Å². The van der Waals surface area contributed by atoms with Crippen LogP contribution in [0.5, 0.6) is 0 Å². The number of hydrogen-bond acceptors (Lipinski definition) is 0. The van der Waals surface area contributed by atoms with E-state index in [1.54, 1.807) is 0 Å². The Kier molecular flexibility index (Phi) is 5.35. The topological polar surface area (TPSA) is 0 Å². The van der Waals surface area contributed by atoms with Gasteiger partial charge in [0, 0.05) is 0 Å². The molecule has 0 aliphatic rings. The average molecular weight is 230 g/mol. The van der Waals surface area contributed by atoms with Crippen LogP contribution in [-0.4, -0.2) is 6.98 Å². The van der Waals surface area contributed by atoms with E-state index >= 15 is 0 Å². The Balaban J connectivity index is 0.00000169. The average Bonchev–Trinajstić information content (AvgIpc) is 1.98. The second kappa shape index (κ2) is 5.12. The first-order valence-corrected chi connectivity index (χ1v) is 3.79. The summed E-state index contributed by atoms with van der Waals surface area (Å²) in [6.45, 7) is -2.41. The minimum Gasteiger partial charge on any atom is -0.445 e. The maximum absolute atomic E-state index is 12.8. The Hall–Kier alpha value is 0.641. The van der Waals surface area contributed by atoms with Crippen molar-refractivity contribution in [1.29, 1.82) is 0 Å². The molecule has 0 bridgehead atoms. The third kappa shape index (κ3) is 3.07. The fourth-order valence-corrected chi connectivity index (χ4v) is 1.16. The van der Waals surface area contributed by atoms with E-state index in [9.17, 15) is 17.3 Å². The van der Waals surface area contributed by atoms with E-state index in [0.717, 1.165) is 12.1 Å². The molecule has 0 amide bonds. The number of rotatable bonds is 1. The van der Waals surface area contributed by atoms with Crippen molar-refractivity contribution >= 4 is 12.4 Å². The molecule has 72 valence electrons. The summed E-state index contributed by atoms with van der Waals surface area (Å²) in [7, 11) is 0. The van der Waals surface area contributed by atoms with E-state index in [4.69, 9.17) is 0 Å². The summed E-state index contributed by atoms with van der Waals surface area (Å²) in [6, 6.07) is 1.64. The van der Waals surface area contributed by atoms with Crippen molar-refractivity contribution in [2.45, 2.75) is 13.8 Å². The van der Waals surface area contributed by atoms with Crippen LogP contribution in [0.15, 0.2) is 12.1 Å². The number of halogens is 4. The second-order valence-electron chi connectivity index (χ2n) is 2.96. The van der Waals surface area contributed by atoms with E-state index in [0.29, 0.717) is 0 Å². The molecule has 0 aliphatic carbocycles. The summed E-state index contributed by atoms with van der Waals surface area (Å²) in [5, 5.41) is 0. The zero-order valence-electron chi connectivity index (χ0n) is 8.24. The van der Waals surface area contributed by atoms with Crippen molar-refractivity contribution < 1.29 is 68.7 Å². The third-order valence-electron chi connectivity index (χ3n) is 2.12. The molecule has 0 unspecified atom stereocenters. The van der Waals surface area contributed by atoms with Crippen LogP contribution in [0.2, 0.25) is 0 Å². The molecular formula is C8H8BF4K. The largest absolute Gasteiger partial charge is 1.00 e. The molecule has 0 saturated carbocycles. The third-order valence-corrected chi connectivity index (χ3v) is 2.12. The quantitative estimate of drug-likeness (QED) is 0.450. The molecule has 1 aromatic rings. The molecule has 6 heteroatoms. The first-order chi connectivity index (χ1) is 5.84. The molecule has 0 fully saturated rings. The molecule has 0 spiro atoms. The van der Waals surface area contributed by atoms with E-state index in [2.05, 4.69) is 0 Å². The molecule has 1 rings (SSSR count). The fourth-order valence-electron chi connectivity index (χ4n) is 1.16. The predicted octanol–water partition coefficient (Wildman–Crippen LogP) is -0.499. The van der Waals surface area contributed by atoms with Crippen LogP contribution in [-0.2, 0) is 0 Å². The van der Waals surface area contributed by atoms with Gasteiger partial charge in [0.25, 0.3) is 0 Å². The van der Waals surface area contributed by atoms with Crippen LogP contribution < -0.4 is 56.8 Å². The maximum atomic E-state index is 12.8. The van der Waals surface area contributed by atoms with Gasteiger partial charge in [-0.25, -0.2) is 4.39 Å². The molecular weight excluding hydrogens is 222 g/mol. The normalized spacial score (nSPS) is 11.0. The molecule has 0 aromatic heterocycles. The van der Waals surface area contributed by atoms with Gasteiger partial charge in [-0.2, -0.15) is 0 Å². The van der Waals surface area contributed by atoms with Crippen LogP contribution in [0.4, 0.5) is 17.3 Å². The minimum atomic E-state index is -5.03. The van der Waals surface area contributed by atoms with Gasteiger partial charge in [-0.3, -0.25) is 0 Å². The maximum Gasteiger partial charge on any atom is 1.00 e. The van der Waals surface area contributed by atoms with Gasteiger partial charge in [-0.05, 0) is 25.5 Å². The number of benzene rings is 1. The zero-order valence-corrected chi connectivity index (χ0v) is 11.4. The van der Waals surface area contributed by atoms with E-state index in [1.165, 1.54) is 13.8 Å². The van der Waals surface area contributed by atoms with Gasteiger partial charge in [0.2, 0.25) is 0 Å². The Morgan fingerprint density at radius 1 is 1.00 bits per heavy atom. The summed E-state index contributed by atoms with van der Waals surface area (Å²) in [6.07, 6.45) is 0. The van der Waals surface area contributed by atoms with Crippen molar-refractivity contribution in [3.8, 4) is 0 Å². The molecule has 0 saturated heterocycles. The molecule has 0 radical (unpaired) electrons. The molecule has 0 atom stereocenters. The molecule has 1 aromatic carbocycles. The van der Waals surface area contributed by atoms with Gasteiger partial charge in [0.1, 0.15) is 5.82 Å². The fraction of sp³-hybridized carbons (Fsp3) is 0.250. The van der Waals surface area contributed by atoms with Gasteiger partial charge >= 0.3 is 58.4 Å². The Labute approximate surface area is 123 Å². The summed E-state index contributed by atoms with van der Waals surface area (Å²) >= 11 is 0. The van der Waals surface area contributed by atoms with E-state index in [-0.39, 0.29) is 62.5 Å². The van der Waals surface area contributed by atoms with Crippen molar-refractivity contribution in [2.75, 3.05) is 0 Å². The first-order valence-electron chi connectivity index (χ1n) is 3.79. The standard InChI is InChI=1S/C8H8BF4.K/c1-5-6(2)8(10)4-3-7(5)9(11,12)13;/h3-4H,1-2H3;/q-1;+1. The van der Waals surface area contributed by atoms with E-state index < -0.39 is 18.3 Å². The number of hydrogen-bond donors (Lipinski definition) is 0. The second-order valence-corrected chi connectivity index (χ2v) is 2.96. The smallest absolute Gasteiger partial charge is 0.445 e. The summed E-state index contributed by atoms with van der Waals surface area (Å²) in [5.74, 6) is -0.596. The van der Waals surface area contributed by atoms with E-state index in [1.807, 2.05) is 0 Å². The minimum absolute atomic E-state index is 0. The Morgan fingerprint density at radius 3 is 1.93 bits per heavy atom. The molecule has 0 nitrogen and oxygen atoms in total. The Bertz CT molecular complexity index is 335. The molecule has 0 heterocycles. The monoisotopic (exact) mass is 230 g/mol. The van der Waals surface area contributed by atoms with Crippen molar-refractivity contribution in [2.24, 2.45) is 0 Å². The van der Waals surface area contributed by atoms with Gasteiger partial charge in [-0.15, -0.1) is 5.46 Å². The van der Waals surface area contributed by atoms with Crippen molar-refractivity contribution in [1.82, 2.24) is 0 Å². The van der Waals surface area contributed by atoms with Crippen molar-refractivity contribution in [3.05, 3.63) is 29.1 Å². The van der Waals surface area contributed by atoms with Crippen LogP contribution in [0, 0.1) is 19.7 Å². The van der Waals surface area contributed by atoms with Crippen LogP contribution in [0.1, 0.15) is 11.1 Å². The molecule has 14 heavy (non-hydrogen) atoms. The summed E-state index contributed by atoms with van der Waals surface area (Å²) in [4.78, 5) is 0. The summed E-state index contributed by atoms with van der Waals surface area (Å²) < 4.78 is 49.7. The predicted molar refractivity (Wildman–Crippen MR) is 44.6 cm³/mol. The molecule has 0 aliphatic heterocycles. The zero-order chi connectivity index (χ0) is 10.2. The van der Waals surface area contributed by atoms with Gasteiger partial charge in [-0.1, -0.05) is 11.6 Å². The van der Waals surface area contributed by atoms with Crippen LogP contribution >= 0.6 is 0 Å². The Morgan fingerprint density at radius 2 is 1.50 bits per heavy atom. The summed E-state index contributed by atoms with van der Waals surface area (Å²) in [5.41, 5.74) is -0.664. The van der Waals surface area contributed by atoms with Gasteiger partial charge < -0.3 is 12.9 Å². The van der Waals surface area contributed by atoms with Gasteiger partial charge in [0.15, 0.2) is 0 Å². The van der Waals surface area contributed by atoms with Crippen LogP contribution in [0.25, 0.3) is 0 Å². The molecule has 0 N–H and O–H groups in total. The van der Waals surface area contributed by atoms with Crippen LogP contribution in [0.3, 0.4) is 0 Å². The van der Waals surface area contributed by atoms with Gasteiger partial charge in [0.05, 0.1) is 0 Å². The first kappa shape index (κ1) is 14.6.